The molecule has 0 aliphatic rings. The van der Waals surface area contributed by atoms with Gasteiger partial charge in [0.1, 0.15) is 6.54 Å². The molecule has 0 aromatic heterocycles. The van der Waals surface area contributed by atoms with Gasteiger partial charge in [-0.2, -0.15) is 0 Å². The molecule has 0 aliphatic heterocycles. The Balaban J connectivity index is 2.84. The minimum Gasteiger partial charge on any atom is -0.462 e. The van der Waals surface area contributed by atoms with E-state index in [2.05, 4.69) is 25.7 Å². The quantitative estimate of drug-likeness (QED) is 0.419. The monoisotopic (exact) mass is 302 g/mol. The number of ether oxygens (including phenoxy) is 1. The maximum atomic E-state index is 12.0. The molecule has 3 heteroatoms. The van der Waals surface area contributed by atoms with Gasteiger partial charge in [0, 0.05) is 5.56 Å². The Morgan fingerprint density at radius 3 is 2.27 bits per heavy atom. The van der Waals surface area contributed by atoms with Gasteiger partial charge in [-0.15, -0.1) is 0 Å². The van der Waals surface area contributed by atoms with E-state index in [9.17, 15) is 4.79 Å². The van der Waals surface area contributed by atoms with E-state index >= 15 is 0 Å². The zero-order valence-electron chi connectivity index (χ0n) is 14.1. The van der Waals surface area contributed by atoms with Crippen molar-refractivity contribution < 1.29 is 14.0 Å². The van der Waals surface area contributed by atoms with E-state index in [1.165, 1.54) is 0 Å². The minimum absolute atomic E-state index is 0.120. The van der Waals surface area contributed by atoms with Crippen molar-refractivity contribution in [2.24, 2.45) is 0 Å². The Kier molecular flexibility index (Phi) is 8.32. The third-order valence-corrected chi connectivity index (χ3v) is 3.59. The van der Waals surface area contributed by atoms with Gasteiger partial charge in [0.05, 0.1) is 19.7 Å². The fourth-order valence-electron chi connectivity index (χ4n) is 2.74. The summed E-state index contributed by atoms with van der Waals surface area (Å²) in [6.45, 7) is 9.60. The number of nitrogens with zero attached hydrogens (tertiary/aromatic N) is 1. The summed E-state index contributed by atoms with van der Waals surface area (Å²) < 4.78 is 5.85. The molecule has 1 rings (SSSR count). The minimum atomic E-state index is -0.120. The number of rotatable bonds is 8. The smallest absolute Gasteiger partial charge is 0.361 e. The third-order valence-electron chi connectivity index (χ3n) is 3.59. The van der Waals surface area contributed by atoms with Crippen molar-refractivity contribution >= 4 is 5.97 Å². The molecule has 0 fully saturated rings. The van der Waals surface area contributed by atoms with Crippen LogP contribution in [0, 0.1) is 11.8 Å². The van der Waals surface area contributed by atoms with Gasteiger partial charge in [-0.1, -0.05) is 38.0 Å². The van der Waals surface area contributed by atoms with Crippen LogP contribution >= 0.6 is 0 Å². The molecule has 0 radical (unpaired) electrons. The maximum Gasteiger partial charge on any atom is 0.361 e. The predicted octanol–water partition coefficient (Wildman–Crippen LogP) is 3.24. The number of carbonyl (C=O) groups is 1. The number of hydrogen-bond donors (Lipinski definition) is 0. The Labute approximate surface area is 134 Å². The number of quaternary nitrogens is 1. The number of esters is 1. The molecule has 1 aromatic carbocycles. The van der Waals surface area contributed by atoms with Crippen LogP contribution in [0.3, 0.4) is 0 Å². The van der Waals surface area contributed by atoms with Crippen LogP contribution in [0.5, 0.6) is 0 Å². The van der Waals surface area contributed by atoms with E-state index in [1.807, 2.05) is 37.3 Å². The lowest BCUT2D eigenvalue weighted by atomic mass is 10.2. The second kappa shape index (κ2) is 10.0. The lowest BCUT2D eigenvalue weighted by Crippen LogP contribution is -2.52. The predicted molar refractivity (Wildman–Crippen MR) is 90.3 cm³/mol. The zero-order chi connectivity index (χ0) is 16.3. The average molecular weight is 302 g/mol. The highest BCUT2D eigenvalue weighted by Crippen LogP contribution is 2.10. The zero-order valence-corrected chi connectivity index (χ0v) is 14.1. The van der Waals surface area contributed by atoms with Crippen molar-refractivity contribution in [3.8, 4) is 11.8 Å². The largest absolute Gasteiger partial charge is 0.462 e. The first-order valence-electron chi connectivity index (χ1n) is 8.20. The molecule has 1 aromatic rings. The molecule has 0 bridgehead atoms. The fraction of sp³-hybridized carbons (Fsp3) is 0.526. The summed E-state index contributed by atoms with van der Waals surface area (Å²) in [6, 6.07) is 9.98. The first kappa shape index (κ1) is 18.3. The van der Waals surface area contributed by atoms with Crippen LogP contribution in [-0.4, -0.2) is 43.2 Å². The summed E-state index contributed by atoms with van der Waals surface area (Å²) in [5.41, 5.74) is 1.02. The van der Waals surface area contributed by atoms with Crippen molar-refractivity contribution in [3.63, 3.8) is 0 Å². The molecule has 0 unspecified atom stereocenters. The van der Waals surface area contributed by atoms with Gasteiger partial charge in [-0.25, -0.2) is 4.79 Å². The normalized spacial score (nSPS) is 10.7. The van der Waals surface area contributed by atoms with Gasteiger partial charge in [0.2, 0.25) is 0 Å². The molecule has 0 atom stereocenters. The number of hydrogen-bond acceptors (Lipinski definition) is 2. The fourth-order valence-corrected chi connectivity index (χ4v) is 2.74. The molecule has 0 saturated heterocycles. The second-order valence-electron chi connectivity index (χ2n) is 5.58. The van der Waals surface area contributed by atoms with Crippen LogP contribution in [0.4, 0.5) is 0 Å². The van der Waals surface area contributed by atoms with Crippen LogP contribution in [0.25, 0.3) is 0 Å². The first-order chi connectivity index (χ1) is 10.7. The number of benzene rings is 1. The topological polar surface area (TPSA) is 26.3 Å². The molecule has 0 heterocycles. The Morgan fingerprint density at radius 1 is 1.09 bits per heavy atom. The number of carbonyl (C=O) groups excluding carboxylic acids is 1. The highest BCUT2D eigenvalue weighted by Gasteiger charge is 2.28. The van der Waals surface area contributed by atoms with Crippen LogP contribution < -0.4 is 0 Å². The molecule has 3 nitrogen and oxygen atoms in total. The van der Waals surface area contributed by atoms with E-state index in [1.54, 1.807) is 0 Å². The summed E-state index contributed by atoms with van der Waals surface area (Å²) in [5.74, 6) is 6.36. The Bertz CT molecular complexity index is 493. The van der Waals surface area contributed by atoms with Crippen molar-refractivity contribution in [1.29, 1.82) is 0 Å². The van der Waals surface area contributed by atoms with Crippen LogP contribution in [0.15, 0.2) is 30.3 Å². The van der Waals surface area contributed by atoms with Gasteiger partial charge in [0.15, 0.2) is 6.54 Å². The molecule has 22 heavy (non-hydrogen) atoms. The molecular formula is C19H28NO2+. The van der Waals surface area contributed by atoms with Crippen molar-refractivity contribution in [1.82, 2.24) is 0 Å². The van der Waals surface area contributed by atoms with Crippen molar-refractivity contribution in [2.45, 2.75) is 33.6 Å². The van der Waals surface area contributed by atoms with Crippen molar-refractivity contribution in [3.05, 3.63) is 35.9 Å². The summed E-state index contributed by atoms with van der Waals surface area (Å²) >= 11 is 0. The lowest BCUT2D eigenvalue weighted by Gasteiger charge is -2.35. The SMILES string of the molecule is CCC[N+](CC#Cc1ccccc1)(CCC)CC(=O)OCC. The summed E-state index contributed by atoms with van der Waals surface area (Å²) in [7, 11) is 0. The second-order valence-corrected chi connectivity index (χ2v) is 5.58. The average Bonchev–Trinajstić information content (AvgIpc) is 2.49. The summed E-state index contributed by atoms with van der Waals surface area (Å²) in [6.07, 6.45) is 2.07. The molecule has 0 aliphatic carbocycles. The van der Waals surface area contributed by atoms with Crippen LogP contribution in [0.1, 0.15) is 39.2 Å². The standard InChI is InChI=1S/C19H28NO2/c1-4-14-20(15-5-2,17-19(21)22-6-3)16-10-13-18-11-8-7-9-12-18/h7-9,11-12H,4-6,14-17H2,1-3H3/q+1. The molecule has 0 amide bonds. The van der Waals surface area contributed by atoms with Crippen LogP contribution in [-0.2, 0) is 9.53 Å². The maximum absolute atomic E-state index is 12.0. The molecule has 120 valence electrons. The van der Waals surface area contributed by atoms with Gasteiger partial charge >= 0.3 is 5.97 Å². The van der Waals surface area contributed by atoms with Gasteiger partial charge in [-0.3, -0.25) is 0 Å². The molecule has 0 saturated carbocycles. The van der Waals surface area contributed by atoms with E-state index in [0.717, 1.165) is 31.5 Å². The highest BCUT2D eigenvalue weighted by atomic mass is 16.5. The van der Waals surface area contributed by atoms with Gasteiger partial charge in [0.25, 0.3) is 0 Å². The Morgan fingerprint density at radius 2 is 1.73 bits per heavy atom. The van der Waals surface area contributed by atoms with Crippen molar-refractivity contribution in [2.75, 3.05) is 32.8 Å². The molecule has 0 N–H and O–H groups in total. The van der Waals surface area contributed by atoms with E-state index in [-0.39, 0.29) is 5.97 Å². The summed E-state index contributed by atoms with van der Waals surface area (Å²) in [5, 5.41) is 0. The molecular weight excluding hydrogens is 274 g/mol. The van der Waals surface area contributed by atoms with Gasteiger partial charge in [-0.05, 0) is 37.8 Å². The first-order valence-corrected chi connectivity index (χ1v) is 8.20. The molecule has 0 spiro atoms. The third kappa shape index (κ3) is 6.32. The van der Waals surface area contributed by atoms with E-state index < -0.39 is 0 Å². The van der Waals surface area contributed by atoms with Crippen LogP contribution in [0.2, 0.25) is 0 Å². The van der Waals surface area contributed by atoms with E-state index in [0.29, 0.717) is 24.2 Å². The lowest BCUT2D eigenvalue weighted by molar-refractivity contribution is -0.914. The Hall–Kier alpha value is -1.79. The van der Waals surface area contributed by atoms with E-state index in [4.69, 9.17) is 4.74 Å². The van der Waals surface area contributed by atoms with Gasteiger partial charge < -0.3 is 9.22 Å². The summed E-state index contributed by atoms with van der Waals surface area (Å²) in [4.78, 5) is 12.0. The highest BCUT2D eigenvalue weighted by molar-refractivity contribution is 5.70.